The SMILES string of the molecule is CC1(C)CC(NC(=O)NC2(C)CCCOC2)CC(C)(C)N1.O=C(O)C(F)(F)F. The quantitative estimate of drug-likeness (QED) is 0.560. The molecule has 2 aliphatic heterocycles. The van der Waals surface area contributed by atoms with E-state index in [1.54, 1.807) is 0 Å². The Bertz CT molecular complexity index is 543. The van der Waals surface area contributed by atoms with Gasteiger partial charge in [0.1, 0.15) is 0 Å². The predicted octanol–water partition coefficient (Wildman–Crippen LogP) is 2.80. The molecule has 2 rings (SSSR count). The number of rotatable bonds is 2. The topological polar surface area (TPSA) is 99.7 Å². The van der Waals surface area contributed by atoms with Gasteiger partial charge >= 0.3 is 18.2 Å². The van der Waals surface area contributed by atoms with E-state index >= 15 is 0 Å². The second-order valence-electron chi connectivity index (χ2n) is 9.12. The average molecular weight is 411 g/mol. The Morgan fingerprint density at radius 3 is 2.00 bits per heavy atom. The maximum atomic E-state index is 12.3. The molecule has 0 aromatic rings. The number of carboxylic acid groups (broad SMARTS) is 1. The summed E-state index contributed by atoms with van der Waals surface area (Å²) in [6.07, 6.45) is -1.22. The first-order chi connectivity index (χ1) is 12.5. The summed E-state index contributed by atoms with van der Waals surface area (Å²) in [5.74, 6) is -2.76. The molecule has 7 nitrogen and oxygen atoms in total. The van der Waals surface area contributed by atoms with Crippen LogP contribution in [-0.4, -0.2) is 59.2 Å². The van der Waals surface area contributed by atoms with Gasteiger partial charge < -0.3 is 25.8 Å². The van der Waals surface area contributed by atoms with Crippen molar-refractivity contribution >= 4 is 12.0 Å². The highest BCUT2D eigenvalue weighted by atomic mass is 19.4. The standard InChI is InChI=1S/C16H31N3O2.C2HF3O2/c1-14(2)9-12(10-15(3,4)19-14)17-13(20)18-16(5)7-6-8-21-11-16;3-2(4,5)1(6)7/h12,19H,6-11H2,1-5H3,(H2,17,18,20);(H,6,7). The van der Waals surface area contributed by atoms with Gasteiger partial charge in [0.2, 0.25) is 0 Å². The first-order valence-corrected chi connectivity index (χ1v) is 9.30. The van der Waals surface area contributed by atoms with Crippen molar-refractivity contribution in [1.82, 2.24) is 16.0 Å². The van der Waals surface area contributed by atoms with Crippen molar-refractivity contribution in [2.45, 2.75) is 89.1 Å². The lowest BCUT2D eigenvalue weighted by Gasteiger charge is -2.46. The summed E-state index contributed by atoms with van der Waals surface area (Å²) in [7, 11) is 0. The van der Waals surface area contributed by atoms with Crippen LogP contribution in [0.2, 0.25) is 0 Å². The lowest BCUT2D eigenvalue weighted by Crippen LogP contribution is -2.64. The fraction of sp³-hybridized carbons (Fsp3) is 0.889. The predicted molar refractivity (Wildman–Crippen MR) is 98.1 cm³/mol. The summed E-state index contributed by atoms with van der Waals surface area (Å²) in [6, 6.07) is 0.130. The van der Waals surface area contributed by atoms with Crippen molar-refractivity contribution in [3.05, 3.63) is 0 Å². The van der Waals surface area contributed by atoms with Crippen molar-refractivity contribution in [2.75, 3.05) is 13.2 Å². The molecule has 0 radical (unpaired) electrons. The zero-order valence-electron chi connectivity index (χ0n) is 17.1. The fourth-order valence-corrected chi connectivity index (χ4v) is 3.95. The Morgan fingerprint density at radius 2 is 1.61 bits per heavy atom. The molecule has 2 heterocycles. The molecule has 2 fully saturated rings. The van der Waals surface area contributed by atoms with E-state index in [4.69, 9.17) is 14.6 Å². The molecule has 0 bridgehead atoms. The number of carboxylic acids is 1. The highest BCUT2D eigenvalue weighted by Crippen LogP contribution is 2.28. The lowest BCUT2D eigenvalue weighted by molar-refractivity contribution is -0.192. The zero-order chi connectivity index (χ0) is 21.8. The van der Waals surface area contributed by atoms with Gasteiger partial charge in [-0.3, -0.25) is 0 Å². The number of hydrogen-bond donors (Lipinski definition) is 4. The van der Waals surface area contributed by atoms with E-state index in [9.17, 15) is 18.0 Å². The van der Waals surface area contributed by atoms with Crippen molar-refractivity contribution < 1.29 is 32.6 Å². The van der Waals surface area contributed by atoms with E-state index in [0.29, 0.717) is 6.61 Å². The van der Waals surface area contributed by atoms with Crippen LogP contribution in [0.3, 0.4) is 0 Å². The minimum absolute atomic E-state index is 0.0392. The summed E-state index contributed by atoms with van der Waals surface area (Å²) in [6.45, 7) is 12.2. The molecule has 1 atom stereocenters. The molecule has 0 aliphatic carbocycles. The maximum absolute atomic E-state index is 12.3. The van der Waals surface area contributed by atoms with E-state index in [2.05, 4.69) is 50.6 Å². The van der Waals surface area contributed by atoms with E-state index in [1.165, 1.54) is 0 Å². The molecule has 28 heavy (non-hydrogen) atoms. The number of carbonyl (C=O) groups is 2. The summed E-state index contributed by atoms with van der Waals surface area (Å²) in [5.41, 5.74) is -0.157. The van der Waals surface area contributed by atoms with Crippen LogP contribution in [0.25, 0.3) is 0 Å². The van der Waals surface area contributed by atoms with Crippen molar-refractivity contribution in [3.63, 3.8) is 0 Å². The molecule has 0 aromatic carbocycles. The van der Waals surface area contributed by atoms with Gasteiger partial charge in [0.15, 0.2) is 0 Å². The zero-order valence-corrected chi connectivity index (χ0v) is 17.1. The normalized spacial score (nSPS) is 27.1. The van der Waals surface area contributed by atoms with E-state index in [1.807, 2.05) is 0 Å². The Kier molecular flexibility index (Phi) is 7.74. The van der Waals surface area contributed by atoms with Gasteiger partial charge in [-0.15, -0.1) is 0 Å². The maximum Gasteiger partial charge on any atom is 0.490 e. The fourth-order valence-electron chi connectivity index (χ4n) is 3.95. The molecular weight excluding hydrogens is 379 g/mol. The molecule has 0 aromatic heterocycles. The Hall–Kier alpha value is -1.55. The van der Waals surface area contributed by atoms with E-state index < -0.39 is 12.1 Å². The minimum atomic E-state index is -5.08. The Morgan fingerprint density at radius 1 is 1.11 bits per heavy atom. The molecule has 4 N–H and O–H groups in total. The van der Waals surface area contributed by atoms with Crippen LogP contribution >= 0.6 is 0 Å². The number of ether oxygens (including phenoxy) is 1. The molecular formula is C18H32F3N3O4. The van der Waals surface area contributed by atoms with Crippen LogP contribution in [0.1, 0.15) is 60.3 Å². The number of alkyl halides is 3. The van der Waals surface area contributed by atoms with Crippen LogP contribution in [0.15, 0.2) is 0 Å². The van der Waals surface area contributed by atoms with Gasteiger partial charge in [-0.25, -0.2) is 9.59 Å². The van der Waals surface area contributed by atoms with Gasteiger partial charge in [-0.2, -0.15) is 13.2 Å². The third-order valence-corrected chi connectivity index (χ3v) is 4.62. The molecule has 1 unspecified atom stereocenters. The summed E-state index contributed by atoms with van der Waals surface area (Å²) in [4.78, 5) is 21.2. The number of nitrogens with one attached hydrogen (secondary N) is 3. The van der Waals surface area contributed by atoms with Crippen LogP contribution in [0.4, 0.5) is 18.0 Å². The third-order valence-electron chi connectivity index (χ3n) is 4.62. The number of halogens is 3. The number of urea groups is 1. The highest BCUT2D eigenvalue weighted by Gasteiger charge is 2.39. The summed E-state index contributed by atoms with van der Waals surface area (Å²) >= 11 is 0. The number of amides is 2. The smallest absolute Gasteiger partial charge is 0.475 e. The molecule has 0 spiro atoms. The molecule has 2 amide bonds. The summed E-state index contributed by atoms with van der Waals surface area (Å²) < 4.78 is 37.2. The van der Waals surface area contributed by atoms with Crippen molar-refractivity contribution in [1.29, 1.82) is 0 Å². The van der Waals surface area contributed by atoms with Gasteiger partial charge in [-0.1, -0.05) is 0 Å². The average Bonchev–Trinajstić information content (AvgIpc) is 2.43. The van der Waals surface area contributed by atoms with Crippen molar-refractivity contribution in [3.8, 4) is 0 Å². The van der Waals surface area contributed by atoms with Crippen LogP contribution < -0.4 is 16.0 Å². The van der Waals surface area contributed by atoms with Crippen molar-refractivity contribution in [2.24, 2.45) is 0 Å². The first-order valence-electron chi connectivity index (χ1n) is 9.30. The number of aliphatic carboxylic acids is 1. The Labute approximate surface area is 163 Å². The number of carbonyl (C=O) groups excluding carboxylic acids is 1. The molecule has 2 saturated heterocycles. The molecule has 10 heteroatoms. The van der Waals surface area contributed by atoms with Gasteiger partial charge in [0.05, 0.1) is 12.1 Å². The third kappa shape index (κ3) is 8.64. The second-order valence-corrected chi connectivity index (χ2v) is 9.12. The highest BCUT2D eigenvalue weighted by molar-refractivity contribution is 5.75. The van der Waals surface area contributed by atoms with Crippen LogP contribution in [0, 0.1) is 0 Å². The summed E-state index contributed by atoms with van der Waals surface area (Å²) in [5, 5.41) is 17.0. The largest absolute Gasteiger partial charge is 0.490 e. The van der Waals surface area contributed by atoms with Gasteiger partial charge in [-0.05, 0) is 60.3 Å². The monoisotopic (exact) mass is 411 g/mol. The van der Waals surface area contributed by atoms with E-state index in [0.717, 1.165) is 32.3 Å². The molecule has 164 valence electrons. The minimum Gasteiger partial charge on any atom is -0.475 e. The molecule has 0 saturated carbocycles. The van der Waals surface area contributed by atoms with Gasteiger partial charge in [0.25, 0.3) is 0 Å². The van der Waals surface area contributed by atoms with Crippen LogP contribution in [-0.2, 0) is 9.53 Å². The van der Waals surface area contributed by atoms with E-state index in [-0.39, 0.29) is 28.7 Å². The number of piperidine rings is 1. The lowest BCUT2D eigenvalue weighted by atomic mass is 9.79. The first kappa shape index (κ1) is 24.5. The molecule has 2 aliphatic rings. The number of hydrogen-bond acceptors (Lipinski definition) is 4. The Balaban J connectivity index is 0.000000480. The van der Waals surface area contributed by atoms with Gasteiger partial charge in [0, 0.05) is 23.7 Å². The second kappa shape index (κ2) is 8.86. The van der Waals surface area contributed by atoms with Crippen LogP contribution in [0.5, 0.6) is 0 Å².